The molecule has 1 aromatic heterocycles. The predicted octanol–water partition coefficient (Wildman–Crippen LogP) is 3.19. The first-order valence-corrected chi connectivity index (χ1v) is 6.96. The summed E-state index contributed by atoms with van der Waals surface area (Å²) in [7, 11) is 1.96. The molecule has 1 aliphatic carbocycles. The second kappa shape index (κ2) is 5.08. The molecule has 0 unspecified atom stereocenters. The zero-order valence-electron chi connectivity index (χ0n) is 11.6. The van der Waals surface area contributed by atoms with Gasteiger partial charge in [0, 0.05) is 12.7 Å². The van der Waals surface area contributed by atoms with Gasteiger partial charge in [0.1, 0.15) is 18.1 Å². The molecule has 0 saturated heterocycles. The number of benzene rings is 1. The van der Waals surface area contributed by atoms with Gasteiger partial charge >= 0.3 is 0 Å². The lowest BCUT2D eigenvalue weighted by Crippen LogP contribution is -2.03. The van der Waals surface area contributed by atoms with Crippen LogP contribution in [0.4, 0.5) is 0 Å². The van der Waals surface area contributed by atoms with Gasteiger partial charge in [-0.1, -0.05) is 6.07 Å². The standard InChI is InChI=1S/C16H20N2O/c1-12-9-15(17-18(12)2)11-19-16-8-7-13-5-3-4-6-14(13)10-16/h7-10H,3-6,11H2,1-2H3. The summed E-state index contributed by atoms with van der Waals surface area (Å²) in [5.41, 5.74) is 5.09. The van der Waals surface area contributed by atoms with Crippen molar-refractivity contribution >= 4 is 0 Å². The first-order valence-electron chi connectivity index (χ1n) is 6.96. The third-order valence-corrected chi connectivity index (χ3v) is 3.87. The zero-order chi connectivity index (χ0) is 13.2. The van der Waals surface area contributed by atoms with Crippen LogP contribution in [0.2, 0.25) is 0 Å². The summed E-state index contributed by atoms with van der Waals surface area (Å²) in [6, 6.07) is 8.57. The van der Waals surface area contributed by atoms with Crippen LogP contribution in [0.1, 0.15) is 35.4 Å². The molecule has 0 bridgehead atoms. The topological polar surface area (TPSA) is 27.1 Å². The van der Waals surface area contributed by atoms with Crippen LogP contribution in [0, 0.1) is 6.92 Å². The van der Waals surface area contributed by atoms with Crippen LogP contribution in [0.5, 0.6) is 5.75 Å². The molecule has 2 aromatic rings. The van der Waals surface area contributed by atoms with E-state index in [4.69, 9.17) is 4.74 Å². The maximum atomic E-state index is 5.85. The van der Waals surface area contributed by atoms with Crippen molar-refractivity contribution in [1.82, 2.24) is 9.78 Å². The highest BCUT2D eigenvalue weighted by Gasteiger charge is 2.10. The molecule has 0 saturated carbocycles. The SMILES string of the molecule is Cc1cc(COc2ccc3c(c2)CCCC3)nn1C. The minimum absolute atomic E-state index is 0.542. The molecule has 3 nitrogen and oxygen atoms in total. The number of hydrogen-bond donors (Lipinski definition) is 0. The number of hydrogen-bond acceptors (Lipinski definition) is 2. The highest BCUT2D eigenvalue weighted by molar-refractivity contribution is 5.37. The van der Waals surface area contributed by atoms with Gasteiger partial charge in [-0.15, -0.1) is 0 Å². The van der Waals surface area contributed by atoms with Crippen molar-refractivity contribution in [3.63, 3.8) is 0 Å². The van der Waals surface area contributed by atoms with E-state index in [0.717, 1.165) is 17.1 Å². The smallest absolute Gasteiger partial charge is 0.132 e. The Balaban J connectivity index is 1.70. The van der Waals surface area contributed by atoms with E-state index < -0.39 is 0 Å². The lowest BCUT2D eigenvalue weighted by Gasteiger charge is -2.16. The summed E-state index contributed by atoms with van der Waals surface area (Å²) in [6.07, 6.45) is 5.03. The molecule has 100 valence electrons. The van der Waals surface area contributed by atoms with Crippen LogP contribution in [0.15, 0.2) is 24.3 Å². The van der Waals surface area contributed by atoms with E-state index in [1.165, 1.54) is 36.8 Å². The van der Waals surface area contributed by atoms with Gasteiger partial charge in [0.15, 0.2) is 0 Å². The second-order valence-electron chi connectivity index (χ2n) is 5.33. The summed E-state index contributed by atoms with van der Waals surface area (Å²) in [5, 5.41) is 4.40. The molecular weight excluding hydrogens is 236 g/mol. The quantitative estimate of drug-likeness (QED) is 0.843. The average molecular weight is 256 g/mol. The highest BCUT2D eigenvalue weighted by atomic mass is 16.5. The molecule has 0 amide bonds. The van der Waals surface area contributed by atoms with Gasteiger partial charge in [0.2, 0.25) is 0 Å². The fourth-order valence-corrected chi connectivity index (χ4v) is 2.66. The van der Waals surface area contributed by atoms with E-state index in [1.807, 2.05) is 11.7 Å². The maximum absolute atomic E-state index is 5.85. The van der Waals surface area contributed by atoms with Crippen LogP contribution >= 0.6 is 0 Å². The van der Waals surface area contributed by atoms with Crippen molar-refractivity contribution in [2.45, 2.75) is 39.2 Å². The number of fused-ring (bicyclic) bond motifs is 1. The largest absolute Gasteiger partial charge is 0.487 e. The minimum Gasteiger partial charge on any atom is -0.487 e. The summed E-state index contributed by atoms with van der Waals surface area (Å²) < 4.78 is 7.73. The van der Waals surface area contributed by atoms with Gasteiger partial charge in [0.05, 0.1) is 0 Å². The third-order valence-electron chi connectivity index (χ3n) is 3.87. The molecule has 0 spiro atoms. The lowest BCUT2D eigenvalue weighted by molar-refractivity contribution is 0.299. The predicted molar refractivity (Wildman–Crippen MR) is 75.4 cm³/mol. The number of aromatic nitrogens is 2. The van der Waals surface area contributed by atoms with Crippen LogP contribution in [0.3, 0.4) is 0 Å². The molecule has 3 rings (SSSR count). The molecule has 0 N–H and O–H groups in total. The molecule has 1 heterocycles. The molecule has 19 heavy (non-hydrogen) atoms. The number of aryl methyl sites for hydroxylation is 4. The molecule has 1 aliphatic rings. The Morgan fingerprint density at radius 3 is 2.68 bits per heavy atom. The monoisotopic (exact) mass is 256 g/mol. The number of ether oxygens (including phenoxy) is 1. The highest BCUT2D eigenvalue weighted by Crippen LogP contribution is 2.25. The van der Waals surface area contributed by atoms with Crippen molar-refractivity contribution in [2.75, 3.05) is 0 Å². The van der Waals surface area contributed by atoms with Gasteiger partial charge in [-0.3, -0.25) is 4.68 Å². The van der Waals surface area contributed by atoms with Crippen LogP contribution in [-0.4, -0.2) is 9.78 Å². The van der Waals surface area contributed by atoms with Gasteiger partial charge in [-0.05, 0) is 61.9 Å². The van der Waals surface area contributed by atoms with Crippen LogP contribution < -0.4 is 4.74 Å². The van der Waals surface area contributed by atoms with Crippen LogP contribution in [0.25, 0.3) is 0 Å². The molecule has 1 aromatic carbocycles. The van der Waals surface area contributed by atoms with Gasteiger partial charge in [-0.25, -0.2) is 0 Å². The Morgan fingerprint density at radius 2 is 1.95 bits per heavy atom. The van der Waals surface area contributed by atoms with E-state index >= 15 is 0 Å². The van der Waals surface area contributed by atoms with Crippen molar-refractivity contribution < 1.29 is 4.74 Å². The molecule has 0 aliphatic heterocycles. The maximum Gasteiger partial charge on any atom is 0.132 e. The summed E-state index contributed by atoms with van der Waals surface area (Å²) in [5.74, 6) is 0.962. The fraction of sp³-hybridized carbons (Fsp3) is 0.438. The molecule has 0 radical (unpaired) electrons. The average Bonchev–Trinajstić information content (AvgIpc) is 2.75. The normalized spacial score (nSPS) is 14.2. The Morgan fingerprint density at radius 1 is 1.16 bits per heavy atom. The van der Waals surface area contributed by atoms with E-state index in [1.54, 1.807) is 0 Å². The number of rotatable bonds is 3. The van der Waals surface area contributed by atoms with Crippen molar-refractivity contribution in [1.29, 1.82) is 0 Å². The Bertz CT molecular complexity index is 567. The Hall–Kier alpha value is -1.77. The van der Waals surface area contributed by atoms with Crippen molar-refractivity contribution in [3.05, 3.63) is 46.8 Å². The third kappa shape index (κ3) is 2.65. The second-order valence-corrected chi connectivity index (χ2v) is 5.33. The molecule has 3 heteroatoms. The van der Waals surface area contributed by atoms with Gasteiger partial charge < -0.3 is 4.74 Å². The summed E-state index contributed by atoms with van der Waals surface area (Å²) in [6.45, 7) is 2.59. The van der Waals surface area contributed by atoms with Crippen molar-refractivity contribution in [2.24, 2.45) is 7.05 Å². The van der Waals surface area contributed by atoms with Crippen LogP contribution in [-0.2, 0) is 26.5 Å². The van der Waals surface area contributed by atoms with E-state index in [2.05, 4.69) is 36.3 Å². The Kier molecular flexibility index (Phi) is 3.28. The molecule has 0 atom stereocenters. The van der Waals surface area contributed by atoms with E-state index in [0.29, 0.717) is 6.61 Å². The first kappa shape index (κ1) is 12.3. The van der Waals surface area contributed by atoms with E-state index in [-0.39, 0.29) is 0 Å². The molecule has 0 fully saturated rings. The summed E-state index contributed by atoms with van der Waals surface area (Å²) in [4.78, 5) is 0. The van der Waals surface area contributed by atoms with Crippen molar-refractivity contribution in [3.8, 4) is 5.75 Å². The molecular formula is C16H20N2O. The fourth-order valence-electron chi connectivity index (χ4n) is 2.66. The van der Waals surface area contributed by atoms with Gasteiger partial charge in [0.25, 0.3) is 0 Å². The minimum atomic E-state index is 0.542. The summed E-state index contributed by atoms with van der Waals surface area (Å²) >= 11 is 0. The lowest BCUT2D eigenvalue weighted by atomic mass is 9.92. The van der Waals surface area contributed by atoms with Gasteiger partial charge in [-0.2, -0.15) is 5.10 Å². The van der Waals surface area contributed by atoms with E-state index in [9.17, 15) is 0 Å². The number of nitrogens with zero attached hydrogens (tertiary/aromatic N) is 2. The Labute approximate surface area is 114 Å². The zero-order valence-corrected chi connectivity index (χ0v) is 11.6. The first-order chi connectivity index (χ1) is 9.22.